The maximum atomic E-state index is 11.0. The summed E-state index contributed by atoms with van der Waals surface area (Å²) in [5, 5.41) is 24.5. The normalized spacial score (nSPS) is 10.8. The zero-order chi connectivity index (χ0) is 12.8. The standard InChI is InChI=1S/C10H17N3O3S/c1-3-5-12-10(17-7-4-6-14)9(13(15)16)8(2)11-12/h14H,3-7H2,1-2H3. The Morgan fingerprint density at radius 3 is 2.82 bits per heavy atom. The van der Waals surface area contributed by atoms with Crippen LogP contribution in [-0.2, 0) is 6.54 Å². The molecule has 1 N–H and O–H groups in total. The Morgan fingerprint density at radius 1 is 1.59 bits per heavy atom. The predicted octanol–water partition coefficient (Wildman–Crippen LogP) is 1.98. The SMILES string of the molecule is CCCn1nc(C)c([N+](=O)[O-])c1SCCCO. The molecule has 0 atom stereocenters. The molecule has 6 nitrogen and oxygen atoms in total. The third kappa shape index (κ3) is 3.44. The van der Waals surface area contributed by atoms with Gasteiger partial charge in [-0.15, -0.1) is 0 Å². The van der Waals surface area contributed by atoms with Gasteiger partial charge < -0.3 is 5.11 Å². The molecule has 1 aromatic rings. The Labute approximate surface area is 104 Å². The number of aliphatic hydroxyl groups is 1. The summed E-state index contributed by atoms with van der Waals surface area (Å²) in [6, 6.07) is 0. The number of rotatable bonds is 7. The molecule has 1 aromatic heterocycles. The first-order valence-electron chi connectivity index (χ1n) is 5.57. The summed E-state index contributed by atoms with van der Waals surface area (Å²) < 4.78 is 1.69. The van der Waals surface area contributed by atoms with Crippen LogP contribution < -0.4 is 0 Å². The van der Waals surface area contributed by atoms with Gasteiger partial charge in [0.25, 0.3) is 0 Å². The van der Waals surface area contributed by atoms with Gasteiger partial charge in [-0.2, -0.15) is 5.10 Å². The fourth-order valence-corrected chi connectivity index (χ4v) is 2.61. The average Bonchev–Trinajstić information content (AvgIpc) is 2.56. The van der Waals surface area contributed by atoms with Crippen LogP contribution in [-0.4, -0.2) is 32.2 Å². The lowest BCUT2D eigenvalue weighted by atomic mass is 10.4. The van der Waals surface area contributed by atoms with Crippen LogP contribution in [0.25, 0.3) is 0 Å². The molecule has 0 aliphatic heterocycles. The molecular formula is C10H17N3O3S. The van der Waals surface area contributed by atoms with Crippen molar-refractivity contribution >= 4 is 17.4 Å². The van der Waals surface area contributed by atoms with Crippen LogP contribution in [0.3, 0.4) is 0 Å². The van der Waals surface area contributed by atoms with E-state index in [0.29, 0.717) is 29.4 Å². The maximum Gasteiger partial charge on any atom is 0.323 e. The second-order valence-electron chi connectivity index (χ2n) is 3.65. The van der Waals surface area contributed by atoms with E-state index >= 15 is 0 Å². The number of aryl methyl sites for hydroxylation is 2. The number of hydrogen-bond acceptors (Lipinski definition) is 5. The van der Waals surface area contributed by atoms with Gasteiger partial charge in [-0.3, -0.25) is 14.8 Å². The molecule has 1 rings (SSSR count). The first-order chi connectivity index (χ1) is 8.11. The van der Waals surface area contributed by atoms with Gasteiger partial charge in [-0.25, -0.2) is 0 Å². The van der Waals surface area contributed by atoms with Crippen LogP contribution in [0.15, 0.2) is 5.03 Å². The third-order valence-electron chi connectivity index (χ3n) is 2.21. The Morgan fingerprint density at radius 2 is 2.29 bits per heavy atom. The summed E-state index contributed by atoms with van der Waals surface area (Å²) in [6.45, 7) is 4.43. The highest BCUT2D eigenvalue weighted by atomic mass is 32.2. The lowest BCUT2D eigenvalue weighted by Crippen LogP contribution is -2.02. The van der Waals surface area contributed by atoms with Crippen LogP contribution in [0, 0.1) is 17.0 Å². The minimum Gasteiger partial charge on any atom is -0.396 e. The average molecular weight is 259 g/mol. The zero-order valence-corrected chi connectivity index (χ0v) is 10.9. The molecule has 0 fully saturated rings. The first kappa shape index (κ1) is 14.0. The van der Waals surface area contributed by atoms with E-state index in [0.717, 1.165) is 6.42 Å². The molecule has 0 aliphatic rings. The topological polar surface area (TPSA) is 81.2 Å². The number of nitro groups is 1. The van der Waals surface area contributed by atoms with Gasteiger partial charge in [0.15, 0.2) is 5.03 Å². The van der Waals surface area contributed by atoms with E-state index in [1.165, 1.54) is 11.8 Å². The molecule has 0 radical (unpaired) electrons. The third-order valence-corrected chi connectivity index (χ3v) is 3.38. The lowest BCUT2D eigenvalue weighted by molar-refractivity contribution is -0.388. The van der Waals surface area contributed by atoms with Crippen molar-refractivity contribution in [3.63, 3.8) is 0 Å². The number of aromatic nitrogens is 2. The van der Waals surface area contributed by atoms with Gasteiger partial charge in [0.05, 0.1) is 4.92 Å². The summed E-state index contributed by atoms with van der Waals surface area (Å²) in [5.41, 5.74) is 0.552. The van der Waals surface area contributed by atoms with Gasteiger partial charge >= 0.3 is 5.69 Å². The van der Waals surface area contributed by atoms with Crippen molar-refractivity contribution in [3.8, 4) is 0 Å². The quantitative estimate of drug-likeness (QED) is 0.350. The fraction of sp³-hybridized carbons (Fsp3) is 0.700. The molecule has 0 unspecified atom stereocenters. The molecule has 0 saturated carbocycles. The largest absolute Gasteiger partial charge is 0.396 e. The molecule has 0 spiro atoms. The maximum absolute atomic E-state index is 11.0. The van der Waals surface area contributed by atoms with E-state index in [2.05, 4.69) is 5.10 Å². The number of thioether (sulfide) groups is 1. The smallest absolute Gasteiger partial charge is 0.323 e. The van der Waals surface area contributed by atoms with E-state index in [1.807, 2.05) is 6.92 Å². The molecule has 17 heavy (non-hydrogen) atoms. The molecule has 0 saturated heterocycles. The number of hydrogen-bond donors (Lipinski definition) is 1. The van der Waals surface area contributed by atoms with E-state index in [4.69, 9.17) is 5.11 Å². The van der Waals surface area contributed by atoms with Gasteiger partial charge in [0.1, 0.15) is 5.69 Å². The van der Waals surface area contributed by atoms with Crippen molar-refractivity contribution in [1.29, 1.82) is 0 Å². The summed E-state index contributed by atoms with van der Waals surface area (Å²) in [7, 11) is 0. The van der Waals surface area contributed by atoms with E-state index in [1.54, 1.807) is 11.6 Å². The van der Waals surface area contributed by atoms with Crippen molar-refractivity contribution < 1.29 is 10.0 Å². The zero-order valence-electron chi connectivity index (χ0n) is 10.0. The van der Waals surface area contributed by atoms with Crippen molar-refractivity contribution in [2.24, 2.45) is 0 Å². The Kier molecular flexibility index (Phi) is 5.43. The summed E-state index contributed by atoms with van der Waals surface area (Å²) in [5.74, 6) is 0.659. The van der Waals surface area contributed by atoms with Gasteiger partial charge in [-0.05, 0) is 19.8 Å². The monoisotopic (exact) mass is 259 g/mol. The molecular weight excluding hydrogens is 242 g/mol. The number of aliphatic hydroxyl groups excluding tert-OH is 1. The molecule has 0 amide bonds. The molecule has 1 heterocycles. The second kappa shape index (κ2) is 6.61. The molecule has 0 aliphatic carbocycles. The second-order valence-corrected chi connectivity index (χ2v) is 4.73. The number of nitrogens with zero attached hydrogens (tertiary/aromatic N) is 3. The Hall–Kier alpha value is -1.08. The van der Waals surface area contributed by atoms with Gasteiger partial charge in [0.2, 0.25) is 0 Å². The van der Waals surface area contributed by atoms with E-state index in [9.17, 15) is 10.1 Å². The van der Waals surface area contributed by atoms with Crippen LogP contribution in [0.2, 0.25) is 0 Å². The first-order valence-corrected chi connectivity index (χ1v) is 6.55. The van der Waals surface area contributed by atoms with Crippen molar-refractivity contribution in [2.45, 2.75) is 38.3 Å². The highest BCUT2D eigenvalue weighted by molar-refractivity contribution is 7.99. The van der Waals surface area contributed by atoms with Crippen molar-refractivity contribution in [1.82, 2.24) is 9.78 Å². The predicted molar refractivity (Wildman–Crippen MR) is 66.3 cm³/mol. The summed E-state index contributed by atoms with van der Waals surface area (Å²) >= 11 is 1.39. The molecule has 0 bridgehead atoms. The van der Waals surface area contributed by atoms with Crippen LogP contribution in [0.5, 0.6) is 0 Å². The van der Waals surface area contributed by atoms with Gasteiger partial charge in [-0.1, -0.05) is 18.7 Å². The van der Waals surface area contributed by atoms with Crippen molar-refractivity contribution in [3.05, 3.63) is 15.8 Å². The van der Waals surface area contributed by atoms with Crippen LogP contribution in [0.1, 0.15) is 25.5 Å². The van der Waals surface area contributed by atoms with Gasteiger partial charge in [0, 0.05) is 18.9 Å². The highest BCUT2D eigenvalue weighted by Crippen LogP contribution is 2.32. The molecule has 0 aromatic carbocycles. The molecule has 7 heteroatoms. The van der Waals surface area contributed by atoms with E-state index < -0.39 is 0 Å². The lowest BCUT2D eigenvalue weighted by Gasteiger charge is -2.04. The van der Waals surface area contributed by atoms with Crippen molar-refractivity contribution in [2.75, 3.05) is 12.4 Å². The summed E-state index contributed by atoms with van der Waals surface area (Å²) in [6.07, 6.45) is 1.50. The Bertz CT molecular complexity index is 392. The fourth-order valence-electron chi connectivity index (χ4n) is 1.50. The Balaban J connectivity index is 2.98. The molecule has 96 valence electrons. The van der Waals surface area contributed by atoms with Crippen LogP contribution >= 0.6 is 11.8 Å². The van der Waals surface area contributed by atoms with Crippen LogP contribution in [0.4, 0.5) is 5.69 Å². The minimum atomic E-state index is -0.379. The van der Waals surface area contributed by atoms with E-state index in [-0.39, 0.29) is 17.2 Å². The summed E-state index contributed by atoms with van der Waals surface area (Å²) in [4.78, 5) is 10.6. The highest BCUT2D eigenvalue weighted by Gasteiger charge is 2.24. The minimum absolute atomic E-state index is 0.0985.